The van der Waals surface area contributed by atoms with Crippen molar-refractivity contribution in [1.29, 1.82) is 0 Å². The summed E-state index contributed by atoms with van der Waals surface area (Å²) in [5.74, 6) is -0.205. The van der Waals surface area contributed by atoms with E-state index < -0.39 is 0 Å². The van der Waals surface area contributed by atoms with Gasteiger partial charge in [0, 0.05) is 38.4 Å². The van der Waals surface area contributed by atoms with E-state index in [1.54, 1.807) is 13.3 Å². The van der Waals surface area contributed by atoms with Crippen LogP contribution in [0.4, 0.5) is 0 Å². The number of carbonyl (C=O) groups is 1. The van der Waals surface area contributed by atoms with Gasteiger partial charge in [-0.3, -0.25) is 9.59 Å². The number of carbonyl (C=O) groups excluding carboxylic acids is 1. The Balaban J connectivity index is 1.58. The molecule has 0 spiro atoms. The van der Waals surface area contributed by atoms with Gasteiger partial charge in [-0.15, -0.1) is 0 Å². The molecule has 0 radical (unpaired) electrons. The number of amides is 1. The predicted molar refractivity (Wildman–Crippen MR) is 143 cm³/mol. The maximum atomic E-state index is 14.1. The van der Waals surface area contributed by atoms with Gasteiger partial charge in [-0.05, 0) is 16.7 Å². The number of hydrogen-bond donors (Lipinski definition) is 0. The third kappa shape index (κ3) is 5.20. The Kier molecular flexibility index (Phi) is 7.47. The minimum Gasteiger partial charge on any atom is -0.483 e. The van der Waals surface area contributed by atoms with Crippen LogP contribution in [0.25, 0.3) is 0 Å². The first-order chi connectivity index (χ1) is 18.2. The van der Waals surface area contributed by atoms with E-state index in [0.29, 0.717) is 19.7 Å². The van der Waals surface area contributed by atoms with Crippen molar-refractivity contribution in [2.45, 2.75) is 25.1 Å². The van der Waals surface area contributed by atoms with Crippen molar-refractivity contribution < 1.29 is 14.3 Å². The summed E-state index contributed by atoms with van der Waals surface area (Å²) in [6.07, 6.45) is 1.71. The Labute approximate surface area is 216 Å². The highest BCUT2D eigenvalue weighted by Gasteiger charge is 2.40. The van der Waals surface area contributed by atoms with Crippen LogP contribution in [0.3, 0.4) is 0 Å². The number of rotatable bonds is 9. The molecule has 0 fully saturated rings. The lowest BCUT2D eigenvalue weighted by molar-refractivity contribution is 0.0474. The molecule has 6 nitrogen and oxygen atoms in total. The highest BCUT2D eigenvalue weighted by molar-refractivity contribution is 5.96. The van der Waals surface area contributed by atoms with Crippen molar-refractivity contribution in [2.75, 3.05) is 20.3 Å². The van der Waals surface area contributed by atoms with Gasteiger partial charge in [-0.25, -0.2) is 0 Å². The first-order valence-corrected chi connectivity index (χ1v) is 12.5. The standard InChI is InChI=1S/C31H30N2O4/c1-36-20-19-33-26(28(24-13-7-3-8-14-24)25-15-9-4-10-16-25)21-32-18-17-27(34)30(29(32)31(33)35)37-22-23-11-5-2-6-12-23/h2-18,26,28H,19-22H2,1H3/t26-/m0/s1. The van der Waals surface area contributed by atoms with E-state index in [1.165, 1.54) is 6.07 Å². The number of hydrogen-bond acceptors (Lipinski definition) is 4. The molecule has 1 aliphatic heterocycles. The molecule has 4 aromatic rings. The Morgan fingerprint density at radius 3 is 2.03 bits per heavy atom. The molecule has 0 saturated heterocycles. The molecule has 0 bridgehead atoms. The van der Waals surface area contributed by atoms with Gasteiger partial charge < -0.3 is 18.9 Å². The SMILES string of the molecule is COCCN1C(=O)c2c(OCc3ccccc3)c(=O)ccn2C[C@H]1C(c1ccccc1)c1ccccc1. The van der Waals surface area contributed by atoms with Crippen LogP contribution in [-0.4, -0.2) is 41.7 Å². The molecule has 5 rings (SSSR count). The Morgan fingerprint density at radius 2 is 1.43 bits per heavy atom. The van der Waals surface area contributed by atoms with Crippen LogP contribution in [0, 0.1) is 0 Å². The van der Waals surface area contributed by atoms with Crippen LogP contribution in [0.1, 0.15) is 33.1 Å². The molecule has 1 amide bonds. The van der Waals surface area contributed by atoms with Gasteiger partial charge in [0.15, 0.2) is 11.4 Å². The number of ether oxygens (including phenoxy) is 2. The summed E-state index contributed by atoms with van der Waals surface area (Å²) in [6.45, 7) is 1.51. The van der Waals surface area contributed by atoms with Gasteiger partial charge in [0.05, 0.1) is 12.6 Å². The van der Waals surface area contributed by atoms with E-state index in [9.17, 15) is 9.59 Å². The zero-order valence-electron chi connectivity index (χ0n) is 20.8. The molecular formula is C31H30N2O4. The molecule has 0 aliphatic carbocycles. The second-order valence-electron chi connectivity index (χ2n) is 9.14. The smallest absolute Gasteiger partial charge is 0.274 e. The second kappa shape index (κ2) is 11.3. The highest BCUT2D eigenvalue weighted by Crippen LogP contribution is 2.36. The normalized spacial score (nSPS) is 15.0. The molecule has 0 unspecified atom stereocenters. The molecule has 37 heavy (non-hydrogen) atoms. The van der Waals surface area contributed by atoms with Gasteiger partial charge in [-0.2, -0.15) is 0 Å². The number of benzene rings is 3. The Bertz CT molecular complexity index is 1350. The topological polar surface area (TPSA) is 60.8 Å². The summed E-state index contributed by atoms with van der Waals surface area (Å²) in [5.41, 5.74) is 3.16. The van der Waals surface area contributed by atoms with Gasteiger partial charge >= 0.3 is 0 Å². The third-order valence-electron chi connectivity index (χ3n) is 6.84. The highest BCUT2D eigenvalue weighted by atomic mass is 16.5. The van der Waals surface area contributed by atoms with E-state index in [4.69, 9.17) is 9.47 Å². The van der Waals surface area contributed by atoms with Gasteiger partial charge in [0.2, 0.25) is 5.43 Å². The van der Waals surface area contributed by atoms with Crippen molar-refractivity contribution in [3.63, 3.8) is 0 Å². The fourth-order valence-electron chi connectivity index (χ4n) is 5.08. The van der Waals surface area contributed by atoms with Crippen LogP contribution in [0.5, 0.6) is 5.75 Å². The van der Waals surface area contributed by atoms with Crippen molar-refractivity contribution in [2.24, 2.45) is 0 Å². The van der Waals surface area contributed by atoms with E-state index in [2.05, 4.69) is 24.3 Å². The van der Waals surface area contributed by atoms with Crippen LogP contribution in [-0.2, 0) is 17.9 Å². The van der Waals surface area contributed by atoms with Gasteiger partial charge in [0.25, 0.3) is 5.91 Å². The summed E-state index contributed by atoms with van der Waals surface area (Å²) in [6, 6.07) is 31.4. The quantitative estimate of drug-likeness (QED) is 0.338. The zero-order chi connectivity index (χ0) is 25.6. The first kappa shape index (κ1) is 24.5. The number of aromatic nitrogens is 1. The number of pyridine rings is 1. The number of methoxy groups -OCH3 is 1. The summed E-state index contributed by atoms with van der Waals surface area (Å²) in [5, 5.41) is 0. The van der Waals surface area contributed by atoms with Crippen LogP contribution < -0.4 is 10.2 Å². The fraction of sp³-hybridized carbons (Fsp3) is 0.226. The summed E-state index contributed by atoms with van der Waals surface area (Å²) in [4.78, 5) is 28.9. The monoisotopic (exact) mass is 494 g/mol. The lowest BCUT2D eigenvalue weighted by Crippen LogP contribution is -2.52. The molecule has 1 aromatic heterocycles. The van der Waals surface area contributed by atoms with Gasteiger partial charge in [0.1, 0.15) is 6.61 Å². The van der Waals surface area contributed by atoms with Crippen LogP contribution in [0.15, 0.2) is 108 Å². The lowest BCUT2D eigenvalue weighted by Gasteiger charge is -2.42. The maximum absolute atomic E-state index is 14.1. The largest absolute Gasteiger partial charge is 0.483 e. The summed E-state index contributed by atoms with van der Waals surface area (Å²) in [7, 11) is 1.63. The fourth-order valence-corrected chi connectivity index (χ4v) is 5.08. The maximum Gasteiger partial charge on any atom is 0.274 e. The van der Waals surface area contributed by atoms with Crippen molar-refractivity contribution in [3.8, 4) is 5.75 Å². The lowest BCUT2D eigenvalue weighted by atomic mass is 9.83. The molecule has 1 aliphatic rings. The molecule has 6 heteroatoms. The molecule has 3 aromatic carbocycles. The third-order valence-corrected chi connectivity index (χ3v) is 6.84. The average molecular weight is 495 g/mol. The van der Waals surface area contributed by atoms with E-state index >= 15 is 0 Å². The van der Waals surface area contributed by atoms with Crippen molar-refractivity contribution in [1.82, 2.24) is 9.47 Å². The first-order valence-electron chi connectivity index (χ1n) is 12.5. The van der Waals surface area contributed by atoms with Crippen molar-refractivity contribution >= 4 is 5.91 Å². The van der Waals surface area contributed by atoms with E-state index in [0.717, 1.165) is 16.7 Å². The van der Waals surface area contributed by atoms with E-state index in [-0.39, 0.29) is 41.3 Å². The number of nitrogens with zero attached hydrogens (tertiary/aromatic N) is 2. The zero-order valence-corrected chi connectivity index (χ0v) is 20.8. The number of fused-ring (bicyclic) bond motifs is 1. The predicted octanol–water partition coefficient (Wildman–Crippen LogP) is 4.73. The summed E-state index contributed by atoms with van der Waals surface area (Å²) >= 11 is 0. The molecule has 188 valence electrons. The Hall–Kier alpha value is -4.16. The molecular weight excluding hydrogens is 464 g/mol. The van der Waals surface area contributed by atoms with E-state index in [1.807, 2.05) is 76.2 Å². The van der Waals surface area contributed by atoms with Crippen LogP contribution >= 0.6 is 0 Å². The minimum atomic E-state index is -0.302. The Morgan fingerprint density at radius 1 is 0.838 bits per heavy atom. The molecule has 2 heterocycles. The second-order valence-corrected chi connectivity index (χ2v) is 9.14. The molecule has 0 N–H and O–H groups in total. The molecule has 0 saturated carbocycles. The van der Waals surface area contributed by atoms with Crippen LogP contribution in [0.2, 0.25) is 0 Å². The average Bonchev–Trinajstić information content (AvgIpc) is 2.94. The van der Waals surface area contributed by atoms with Crippen molar-refractivity contribution in [3.05, 3.63) is 136 Å². The molecule has 1 atom stereocenters. The van der Waals surface area contributed by atoms with Gasteiger partial charge in [-0.1, -0.05) is 91.0 Å². The minimum absolute atomic E-state index is 0.0653. The summed E-state index contributed by atoms with van der Waals surface area (Å²) < 4.78 is 13.3.